The fourth-order valence-electron chi connectivity index (χ4n) is 3.27. The Balaban J connectivity index is -0.000000240. The summed E-state index contributed by atoms with van der Waals surface area (Å²) in [5.41, 5.74) is 0. The molecule has 0 aliphatic carbocycles. The van der Waals surface area contributed by atoms with Gasteiger partial charge in [-0.25, -0.2) is 0 Å². The molecule has 0 aliphatic rings. The maximum atomic E-state index is 10.0. The number of carbonyl (C=O) groups excluding carboxylic acids is 3. The van der Waals surface area contributed by atoms with Crippen molar-refractivity contribution in [1.82, 2.24) is 0 Å². The number of hydrogen-bond donors (Lipinski definition) is 0. The maximum absolute atomic E-state index is 10.0. The first kappa shape index (κ1) is 47.7. The molecule has 0 unspecified atom stereocenters. The van der Waals surface area contributed by atoms with Gasteiger partial charge in [-0.15, -0.1) is 0 Å². The van der Waals surface area contributed by atoms with E-state index in [4.69, 9.17) is 0 Å². The summed E-state index contributed by atoms with van der Waals surface area (Å²) in [6.07, 6.45) is 14.7. The van der Waals surface area contributed by atoms with Crippen LogP contribution in [0.3, 0.4) is 0 Å². The smallest absolute Gasteiger partial charge is 0.549 e. The van der Waals surface area contributed by atoms with Crippen LogP contribution < -0.4 is 15.3 Å². The number of hydrogen-bond acceptors (Lipinski definition) is 9. The zero-order valence-corrected chi connectivity index (χ0v) is 31.8. The monoisotopic (exact) mass is 751 g/mol. The van der Waals surface area contributed by atoms with Crippen LogP contribution in [0.1, 0.15) is 119 Å². The van der Waals surface area contributed by atoms with Crippen molar-refractivity contribution in [3.63, 3.8) is 0 Å². The standard InChI is InChI=1S/3C10H20O2S.Nd/c3*1-9(2)6-4-3-5-7-13-8-10(11)12;/h3*9H,3-8H2,1-2H3,(H,11,12);/q;;;+3/p-3. The van der Waals surface area contributed by atoms with Crippen molar-refractivity contribution >= 4 is 53.2 Å². The molecular weight excluding hydrogens is 697 g/mol. The summed E-state index contributed by atoms with van der Waals surface area (Å²) < 4.78 is 0. The van der Waals surface area contributed by atoms with Crippen LogP contribution in [0, 0.1) is 58.6 Å². The molecule has 0 aromatic heterocycles. The summed E-state index contributed by atoms with van der Waals surface area (Å²) in [5, 5.41) is 30.1. The predicted molar refractivity (Wildman–Crippen MR) is 167 cm³/mol. The van der Waals surface area contributed by atoms with E-state index in [0.717, 1.165) is 54.3 Å². The Morgan fingerprint density at radius 3 is 0.850 bits per heavy atom. The molecule has 235 valence electrons. The van der Waals surface area contributed by atoms with Crippen molar-refractivity contribution < 1.29 is 70.5 Å². The molecule has 0 spiro atoms. The Labute approximate surface area is 292 Å². The minimum Gasteiger partial charge on any atom is -0.549 e. The van der Waals surface area contributed by atoms with Gasteiger partial charge in [0.25, 0.3) is 0 Å². The van der Waals surface area contributed by atoms with Gasteiger partial charge in [0.2, 0.25) is 0 Å². The van der Waals surface area contributed by atoms with Crippen molar-refractivity contribution in [3.8, 4) is 0 Å². The average Bonchev–Trinajstić information content (AvgIpc) is 2.82. The molecule has 0 amide bonds. The zero-order chi connectivity index (χ0) is 30.3. The van der Waals surface area contributed by atoms with Gasteiger partial charge in [-0.05, 0) is 54.3 Å². The van der Waals surface area contributed by atoms with Crippen molar-refractivity contribution in [2.75, 3.05) is 34.5 Å². The van der Waals surface area contributed by atoms with E-state index in [9.17, 15) is 29.7 Å². The average molecular weight is 754 g/mol. The molecule has 0 N–H and O–H groups in total. The van der Waals surface area contributed by atoms with Crippen LogP contribution in [-0.2, 0) is 14.4 Å². The van der Waals surface area contributed by atoms with E-state index < -0.39 is 17.9 Å². The molecule has 0 aliphatic heterocycles. The second kappa shape index (κ2) is 37.8. The van der Waals surface area contributed by atoms with E-state index in [1.165, 1.54) is 93.1 Å². The Morgan fingerprint density at radius 2 is 0.675 bits per heavy atom. The van der Waals surface area contributed by atoms with Crippen LogP contribution in [-0.4, -0.2) is 52.4 Å². The summed E-state index contributed by atoms with van der Waals surface area (Å²) in [6, 6.07) is 0. The molecule has 0 aromatic rings. The van der Waals surface area contributed by atoms with Crippen molar-refractivity contribution in [3.05, 3.63) is 0 Å². The first-order valence-corrected chi connectivity index (χ1v) is 18.2. The van der Waals surface area contributed by atoms with E-state index in [2.05, 4.69) is 41.5 Å². The topological polar surface area (TPSA) is 120 Å². The number of carboxylic acid groups (broad SMARTS) is 3. The summed E-state index contributed by atoms with van der Waals surface area (Å²) >= 11 is 4.37. The molecule has 10 heteroatoms. The zero-order valence-electron chi connectivity index (χ0n) is 26.1. The predicted octanol–water partition coefficient (Wildman–Crippen LogP) is 5.06. The number of rotatable bonds is 24. The molecule has 6 nitrogen and oxygen atoms in total. The molecule has 0 bridgehead atoms. The van der Waals surface area contributed by atoms with Gasteiger partial charge in [0.1, 0.15) is 0 Å². The van der Waals surface area contributed by atoms with Gasteiger partial charge < -0.3 is 29.7 Å². The first-order valence-electron chi connectivity index (χ1n) is 14.7. The fourth-order valence-corrected chi connectivity index (χ4v) is 5.42. The van der Waals surface area contributed by atoms with Gasteiger partial charge in [0.15, 0.2) is 0 Å². The third-order valence-corrected chi connectivity index (χ3v) is 8.42. The number of thioether (sulfide) groups is 3. The largest absolute Gasteiger partial charge is 3.00 e. The fraction of sp³-hybridized carbons (Fsp3) is 0.900. The summed E-state index contributed by atoms with van der Waals surface area (Å²) in [5.74, 6) is 2.79. The molecule has 0 atom stereocenters. The van der Waals surface area contributed by atoms with E-state index in [1.807, 2.05) is 0 Å². The Kier molecular flexibility index (Phi) is 45.2. The Morgan fingerprint density at radius 1 is 0.450 bits per heavy atom. The molecule has 0 rings (SSSR count). The minimum atomic E-state index is -0.952. The Hall–Kier alpha value is 0.811. The van der Waals surface area contributed by atoms with E-state index in [-0.39, 0.29) is 58.1 Å². The maximum Gasteiger partial charge on any atom is 3.00 e. The van der Waals surface area contributed by atoms with Crippen LogP contribution in [0.25, 0.3) is 0 Å². The minimum absolute atomic E-state index is 0. The van der Waals surface area contributed by atoms with Gasteiger partial charge in [0, 0.05) is 17.3 Å². The quantitative estimate of drug-likeness (QED) is 0.125. The second-order valence-electron chi connectivity index (χ2n) is 11.0. The van der Waals surface area contributed by atoms with Gasteiger partial charge >= 0.3 is 40.8 Å². The molecular formula is C30H57NdO6S3. The normalized spacial score (nSPS) is 10.4. The number of unbranched alkanes of at least 4 members (excludes halogenated alkanes) is 6. The molecule has 0 saturated heterocycles. The van der Waals surface area contributed by atoms with E-state index >= 15 is 0 Å². The van der Waals surface area contributed by atoms with Crippen LogP contribution in [0.15, 0.2) is 0 Å². The van der Waals surface area contributed by atoms with E-state index in [0.29, 0.717) is 0 Å². The molecule has 0 aromatic carbocycles. The van der Waals surface area contributed by atoms with Crippen molar-refractivity contribution in [2.45, 2.75) is 119 Å². The van der Waals surface area contributed by atoms with Crippen LogP contribution in [0.4, 0.5) is 0 Å². The van der Waals surface area contributed by atoms with Gasteiger partial charge in [-0.3, -0.25) is 0 Å². The number of aliphatic carboxylic acids is 3. The molecule has 1 radical (unpaired) electrons. The van der Waals surface area contributed by atoms with Crippen molar-refractivity contribution in [2.24, 2.45) is 17.8 Å². The van der Waals surface area contributed by atoms with Crippen LogP contribution in [0.2, 0.25) is 0 Å². The molecule has 0 saturated carbocycles. The first-order chi connectivity index (χ1) is 18.4. The number of carbonyl (C=O) groups is 3. The summed E-state index contributed by atoms with van der Waals surface area (Å²) in [7, 11) is 0. The third-order valence-electron chi connectivity index (χ3n) is 5.37. The molecule has 40 heavy (non-hydrogen) atoms. The SMILES string of the molecule is CC(C)CCCCCSCC(=O)[O-].CC(C)CCCCCSCC(=O)[O-].CC(C)CCCCCSCC(=O)[O-].[Nd+3]. The summed E-state index contributed by atoms with van der Waals surface area (Å²) in [4.78, 5) is 30.1. The molecule has 0 heterocycles. The Bertz CT molecular complexity index is 487. The van der Waals surface area contributed by atoms with Gasteiger partial charge in [-0.1, -0.05) is 99.3 Å². The van der Waals surface area contributed by atoms with Crippen molar-refractivity contribution in [1.29, 1.82) is 0 Å². The van der Waals surface area contributed by atoms with Crippen LogP contribution in [0.5, 0.6) is 0 Å². The van der Waals surface area contributed by atoms with Gasteiger partial charge in [0.05, 0.1) is 17.9 Å². The third kappa shape index (κ3) is 58.4. The number of carboxylic acids is 3. The van der Waals surface area contributed by atoms with Crippen LogP contribution >= 0.6 is 35.3 Å². The molecule has 0 fully saturated rings. The summed E-state index contributed by atoms with van der Waals surface area (Å²) in [6.45, 7) is 13.4. The van der Waals surface area contributed by atoms with E-state index in [1.54, 1.807) is 0 Å². The second-order valence-corrected chi connectivity index (χ2v) is 14.3. The van der Waals surface area contributed by atoms with Gasteiger partial charge in [-0.2, -0.15) is 35.3 Å².